The zero-order valence-corrected chi connectivity index (χ0v) is 31.3. The molecule has 2 N–H and O–H groups in total. The summed E-state index contributed by atoms with van der Waals surface area (Å²) in [7, 11) is 0. The zero-order valence-electron chi connectivity index (χ0n) is 31.3. The molecule has 0 aromatic heterocycles. The van der Waals surface area contributed by atoms with Gasteiger partial charge in [-0.3, -0.25) is 9.69 Å². The number of carbonyl (C=O) groups is 2. The van der Waals surface area contributed by atoms with Crippen LogP contribution in [0.3, 0.4) is 0 Å². The highest BCUT2D eigenvalue weighted by molar-refractivity contribution is 6.01. The molecule has 13 nitrogen and oxygen atoms in total. The number of nitrogens with zero attached hydrogens (tertiary/aromatic N) is 6. The van der Waals surface area contributed by atoms with Gasteiger partial charge in [0.1, 0.15) is 24.0 Å². The topological polar surface area (TPSA) is 144 Å². The molecular weight excluding hydrogens is 679 g/mol. The lowest BCUT2D eigenvalue weighted by Gasteiger charge is -2.43. The molecule has 4 aliphatic rings. The van der Waals surface area contributed by atoms with Crippen molar-refractivity contribution < 1.29 is 28.2 Å². The van der Waals surface area contributed by atoms with Crippen LogP contribution in [0.1, 0.15) is 58.6 Å². The van der Waals surface area contributed by atoms with Crippen molar-refractivity contribution in [1.29, 1.82) is 5.26 Å². The quantitative estimate of drug-likeness (QED) is 0.201. The van der Waals surface area contributed by atoms with E-state index in [2.05, 4.69) is 50.6 Å². The normalized spacial score (nSPS) is 24.2. The van der Waals surface area contributed by atoms with Gasteiger partial charge < -0.3 is 34.6 Å². The highest BCUT2D eigenvalue weighted by Gasteiger charge is 2.31. The van der Waals surface area contributed by atoms with E-state index in [-0.39, 0.29) is 24.8 Å². The lowest BCUT2D eigenvalue weighted by Crippen LogP contribution is -2.56. The fraction of sp³-hybridized carbons (Fsp3) is 0.513. The lowest BCUT2D eigenvalue weighted by molar-refractivity contribution is -0.121. The first-order valence-corrected chi connectivity index (χ1v) is 18.3. The Hall–Kier alpha value is -5.00. The third kappa shape index (κ3) is 10.3. The number of rotatable bonds is 9. The molecule has 4 saturated heterocycles. The molecule has 6 rings (SSSR count). The van der Waals surface area contributed by atoms with Gasteiger partial charge in [0.05, 0.1) is 43.1 Å². The van der Waals surface area contributed by atoms with Gasteiger partial charge in [-0.15, -0.1) is 0 Å². The minimum atomic E-state index is -1.33. The van der Waals surface area contributed by atoms with Crippen molar-refractivity contribution in [2.24, 2.45) is 9.98 Å². The van der Waals surface area contributed by atoms with Crippen LogP contribution < -0.4 is 20.3 Å². The Balaban J connectivity index is 0.000000599. The van der Waals surface area contributed by atoms with Crippen LogP contribution in [0, 0.1) is 11.3 Å². The Morgan fingerprint density at radius 3 is 2.40 bits per heavy atom. The highest BCUT2D eigenvalue weighted by Crippen LogP contribution is 2.30. The minimum absolute atomic E-state index is 0.0184. The number of alkyl halides is 1. The molecule has 14 heteroatoms. The van der Waals surface area contributed by atoms with Gasteiger partial charge in [0.25, 0.3) is 0 Å². The van der Waals surface area contributed by atoms with Gasteiger partial charge in [0, 0.05) is 62.3 Å². The van der Waals surface area contributed by atoms with E-state index in [1.165, 1.54) is 10.6 Å². The molecule has 0 bridgehead atoms. The number of ether oxygens (including phenoxy) is 3. The minimum Gasteiger partial charge on any atom is -0.486 e. The summed E-state index contributed by atoms with van der Waals surface area (Å²) in [5, 5.41) is 15.9. The fourth-order valence-electron chi connectivity index (χ4n) is 6.33. The largest absolute Gasteiger partial charge is 0.486 e. The van der Waals surface area contributed by atoms with Crippen molar-refractivity contribution >= 4 is 41.7 Å². The van der Waals surface area contributed by atoms with Gasteiger partial charge in [0.15, 0.2) is 6.17 Å². The van der Waals surface area contributed by atoms with Gasteiger partial charge in [-0.1, -0.05) is 6.92 Å². The van der Waals surface area contributed by atoms with Crippen molar-refractivity contribution in [3.63, 3.8) is 0 Å². The van der Waals surface area contributed by atoms with Crippen LogP contribution in [0.25, 0.3) is 5.70 Å². The van der Waals surface area contributed by atoms with Crippen LogP contribution in [0.4, 0.5) is 20.6 Å². The van der Waals surface area contributed by atoms with E-state index in [0.29, 0.717) is 48.4 Å². The van der Waals surface area contributed by atoms with Crippen LogP contribution in [-0.4, -0.2) is 117 Å². The summed E-state index contributed by atoms with van der Waals surface area (Å²) in [4.78, 5) is 37.1. The number of guanidine groups is 1. The first-order valence-electron chi connectivity index (χ1n) is 18.3. The van der Waals surface area contributed by atoms with E-state index in [1.807, 2.05) is 45.9 Å². The molecule has 4 atom stereocenters. The molecule has 4 heterocycles. The first-order chi connectivity index (χ1) is 25.6. The van der Waals surface area contributed by atoms with Crippen molar-refractivity contribution in [3.05, 3.63) is 59.2 Å². The number of alkyl carbamates (subject to hydrolysis) is 1. The van der Waals surface area contributed by atoms with Crippen molar-refractivity contribution in [1.82, 2.24) is 15.1 Å². The number of allylic oxidation sites excluding steroid dienone is 1. The fourth-order valence-corrected chi connectivity index (χ4v) is 6.33. The van der Waals surface area contributed by atoms with E-state index in [9.17, 15) is 19.2 Å². The molecule has 4 fully saturated rings. The van der Waals surface area contributed by atoms with E-state index in [4.69, 9.17) is 19.2 Å². The summed E-state index contributed by atoms with van der Waals surface area (Å²) in [5.41, 5.74) is 4.79. The van der Waals surface area contributed by atoms with Crippen molar-refractivity contribution in [3.8, 4) is 11.8 Å². The molecule has 284 valence electrons. The number of nitrogens with one attached hydrogen (secondary N) is 2. The lowest BCUT2D eigenvalue weighted by atomic mass is 10.0. The second kappa shape index (κ2) is 18.7. The number of hydrogen-bond donors (Lipinski definition) is 2. The predicted octanol–water partition coefficient (Wildman–Crippen LogP) is 5.23. The van der Waals surface area contributed by atoms with Gasteiger partial charge in [-0.05, 0) is 82.2 Å². The summed E-state index contributed by atoms with van der Waals surface area (Å²) < 4.78 is 30.7. The van der Waals surface area contributed by atoms with Crippen LogP contribution in [0.2, 0.25) is 0 Å². The van der Waals surface area contributed by atoms with Crippen LogP contribution in [-0.2, 0) is 14.3 Å². The number of nitriles is 1. The van der Waals surface area contributed by atoms with Gasteiger partial charge >= 0.3 is 6.09 Å². The average molecular weight is 731 g/mol. The molecule has 0 aliphatic carbocycles. The Morgan fingerprint density at radius 1 is 1.13 bits per heavy atom. The van der Waals surface area contributed by atoms with Crippen molar-refractivity contribution in [2.75, 3.05) is 62.7 Å². The molecule has 0 radical (unpaired) electrons. The standard InChI is InChI=1S/C34H42FN7O3.C5H9NO2/c1-4-24(3)33(25-6-11-31(26(18-25)19-36)45-32-12-13-40(23-43)20-30(32)35)39-34(37-5-2)38-27-7-9-28(10-8-27)41-14-16-42(17-15-41)29-21-44-22-29;1-3-4(2)8-5(7)6-3/h5-11,18,23,29-30,32H,4,12-17,20-22H2,1-3H3,(H,38,39);3-4H,1-2H3,(H,6,7)/b33-24+,37-5-;/t;3-,4?/m.1/s1. The second-order valence-corrected chi connectivity index (χ2v) is 13.6. The predicted molar refractivity (Wildman–Crippen MR) is 204 cm³/mol. The third-order valence-electron chi connectivity index (χ3n) is 10.0. The number of cyclic esters (lactones) is 1. The molecule has 2 amide bonds. The maximum Gasteiger partial charge on any atom is 0.407 e. The average Bonchev–Trinajstić information content (AvgIpc) is 3.44. The number of benzene rings is 2. The summed E-state index contributed by atoms with van der Waals surface area (Å²) in [6.07, 6.45) is 1.12. The smallest absolute Gasteiger partial charge is 0.407 e. The monoisotopic (exact) mass is 730 g/mol. The maximum absolute atomic E-state index is 14.7. The molecule has 2 aromatic carbocycles. The summed E-state index contributed by atoms with van der Waals surface area (Å²) in [6, 6.07) is 16.5. The SMILES string of the molecule is CC1OC(=O)N[C@@H]1C.C\C=N/C(=N/C(=C(\C)CC)c1ccc(OC2CCN(C=O)CC2F)c(C#N)c1)Nc1ccc(N2CCN(C3COC3)CC2)cc1. The Labute approximate surface area is 311 Å². The zero-order chi connectivity index (χ0) is 37.9. The van der Waals surface area contributed by atoms with Gasteiger partial charge in [-0.2, -0.15) is 5.26 Å². The first kappa shape index (κ1) is 39.2. The van der Waals surface area contributed by atoms with Crippen LogP contribution >= 0.6 is 0 Å². The number of amides is 2. The summed E-state index contributed by atoms with van der Waals surface area (Å²) >= 11 is 0. The number of anilines is 2. The molecule has 3 unspecified atom stereocenters. The third-order valence-corrected chi connectivity index (χ3v) is 10.0. The highest BCUT2D eigenvalue weighted by atomic mass is 19.1. The summed E-state index contributed by atoms with van der Waals surface area (Å²) in [6.45, 7) is 15.8. The molecular formula is C39H51FN8O5. The maximum atomic E-state index is 14.7. The van der Waals surface area contributed by atoms with Crippen LogP contribution in [0.5, 0.6) is 5.75 Å². The number of aliphatic imine (C=N–C) groups is 2. The Kier molecular flexibility index (Phi) is 13.8. The number of likely N-dealkylation sites (tertiary alicyclic amines) is 1. The van der Waals surface area contributed by atoms with E-state index >= 15 is 0 Å². The molecule has 53 heavy (non-hydrogen) atoms. The number of halogens is 1. The Morgan fingerprint density at radius 2 is 1.87 bits per heavy atom. The van der Waals surface area contributed by atoms with Gasteiger partial charge in [0.2, 0.25) is 12.4 Å². The number of carbonyl (C=O) groups excluding carboxylic acids is 2. The van der Waals surface area contributed by atoms with Crippen molar-refractivity contribution in [2.45, 2.75) is 77.9 Å². The van der Waals surface area contributed by atoms with Gasteiger partial charge in [-0.25, -0.2) is 19.2 Å². The number of piperidine rings is 1. The molecule has 0 saturated carbocycles. The summed E-state index contributed by atoms with van der Waals surface area (Å²) in [5.74, 6) is 0.736. The number of hydrogen-bond acceptors (Lipinski definition) is 9. The van der Waals surface area contributed by atoms with Crippen LogP contribution in [0.15, 0.2) is 58.0 Å². The number of piperazine rings is 1. The van der Waals surface area contributed by atoms with E-state index in [1.54, 1.807) is 18.3 Å². The van der Waals surface area contributed by atoms with E-state index < -0.39 is 12.3 Å². The molecule has 0 spiro atoms. The molecule has 2 aromatic rings. The molecule has 4 aliphatic heterocycles. The van der Waals surface area contributed by atoms with E-state index in [0.717, 1.165) is 62.6 Å². The second-order valence-electron chi connectivity index (χ2n) is 13.6. The Bertz CT molecular complexity index is 1690.